The number of fused-ring (bicyclic) bond motifs is 1. The molecular formula is C25H31N5O2. The predicted octanol–water partition coefficient (Wildman–Crippen LogP) is 3.06. The van der Waals surface area contributed by atoms with E-state index in [1.54, 1.807) is 0 Å². The maximum Gasteiger partial charge on any atom is 0.314 e. The first-order chi connectivity index (χ1) is 15.6. The summed E-state index contributed by atoms with van der Waals surface area (Å²) in [5, 5.41) is 6.87. The maximum absolute atomic E-state index is 12.5. The average molecular weight is 434 g/mol. The van der Waals surface area contributed by atoms with Crippen molar-refractivity contribution >= 4 is 28.5 Å². The smallest absolute Gasteiger partial charge is 0.314 e. The summed E-state index contributed by atoms with van der Waals surface area (Å²) in [7, 11) is 0. The van der Waals surface area contributed by atoms with Gasteiger partial charge in [0.05, 0.1) is 0 Å². The molecule has 7 heteroatoms. The molecule has 0 bridgehead atoms. The van der Waals surface area contributed by atoms with Crippen molar-refractivity contribution in [3.63, 3.8) is 0 Å². The van der Waals surface area contributed by atoms with Gasteiger partial charge in [0.25, 0.3) is 0 Å². The zero-order valence-corrected chi connectivity index (χ0v) is 18.6. The van der Waals surface area contributed by atoms with Gasteiger partial charge in [0.15, 0.2) is 0 Å². The second kappa shape index (κ2) is 10.2. The Morgan fingerprint density at radius 2 is 1.72 bits per heavy atom. The first-order valence-corrected chi connectivity index (χ1v) is 11.3. The van der Waals surface area contributed by atoms with Crippen molar-refractivity contribution in [3.8, 4) is 0 Å². The van der Waals surface area contributed by atoms with Crippen molar-refractivity contribution in [1.29, 1.82) is 0 Å². The first-order valence-electron chi connectivity index (χ1n) is 11.3. The number of nitrogens with zero attached hydrogens (tertiary/aromatic N) is 2. The topological polar surface area (TPSA) is 80.5 Å². The van der Waals surface area contributed by atoms with Crippen LogP contribution in [0.2, 0.25) is 0 Å². The number of carbonyl (C=O) groups excluding carboxylic acids is 2. The van der Waals surface area contributed by atoms with E-state index >= 15 is 0 Å². The normalized spacial score (nSPS) is 13.9. The van der Waals surface area contributed by atoms with Crippen LogP contribution in [-0.2, 0) is 11.2 Å². The van der Waals surface area contributed by atoms with E-state index in [9.17, 15) is 9.59 Å². The van der Waals surface area contributed by atoms with Crippen LogP contribution in [-0.4, -0.2) is 61.1 Å². The van der Waals surface area contributed by atoms with Crippen LogP contribution in [0.15, 0.2) is 54.7 Å². The van der Waals surface area contributed by atoms with E-state index in [0.717, 1.165) is 25.0 Å². The minimum atomic E-state index is -0.234. The zero-order valence-electron chi connectivity index (χ0n) is 18.6. The summed E-state index contributed by atoms with van der Waals surface area (Å²) in [5.41, 5.74) is 4.72. The molecule has 1 aliphatic rings. The number of aromatic amines is 1. The predicted molar refractivity (Wildman–Crippen MR) is 128 cm³/mol. The molecule has 168 valence electrons. The van der Waals surface area contributed by atoms with Crippen molar-refractivity contribution in [3.05, 3.63) is 65.9 Å². The van der Waals surface area contributed by atoms with Gasteiger partial charge in [0.2, 0.25) is 5.91 Å². The fourth-order valence-corrected chi connectivity index (χ4v) is 4.17. The van der Waals surface area contributed by atoms with E-state index in [-0.39, 0.29) is 11.9 Å². The van der Waals surface area contributed by atoms with Crippen LogP contribution in [0.5, 0.6) is 0 Å². The number of hydrogen-bond acceptors (Lipinski definition) is 3. The van der Waals surface area contributed by atoms with E-state index in [0.29, 0.717) is 32.6 Å². The van der Waals surface area contributed by atoms with Crippen LogP contribution in [0.4, 0.5) is 10.5 Å². The van der Waals surface area contributed by atoms with E-state index in [1.807, 2.05) is 29.3 Å². The Labute approximate surface area is 188 Å². The largest absolute Gasteiger partial charge is 0.368 e. The van der Waals surface area contributed by atoms with Crippen LogP contribution in [0, 0.1) is 6.92 Å². The molecule has 0 atom stereocenters. The van der Waals surface area contributed by atoms with Gasteiger partial charge in [-0.2, -0.15) is 0 Å². The van der Waals surface area contributed by atoms with E-state index in [1.165, 1.54) is 22.2 Å². The summed E-state index contributed by atoms with van der Waals surface area (Å²) in [5.74, 6) is 0.0899. The number of para-hydroxylation sites is 1. The van der Waals surface area contributed by atoms with Gasteiger partial charge in [-0.3, -0.25) is 4.79 Å². The number of rotatable bonds is 7. The molecular weight excluding hydrogens is 402 g/mol. The van der Waals surface area contributed by atoms with E-state index in [4.69, 9.17) is 0 Å². The molecule has 1 aliphatic heterocycles. The fraction of sp³-hybridized carbons (Fsp3) is 0.360. The molecule has 1 aromatic heterocycles. The molecule has 0 spiro atoms. The molecule has 2 heterocycles. The number of piperazine rings is 1. The molecule has 0 aliphatic carbocycles. The average Bonchev–Trinajstić information content (AvgIpc) is 3.21. The van der Waals surface area contributed by atoms with Crippen LogP contribution in [0.3, 0.4) is 0 Å². The fourth-order valence-electron chi connectivity index (χ4n) is 4.17. The number of carbonyl (C=O) groups is 2. The highest BCUT2D eigenvalue weighted by Crippen LogP contribution is 2.19. The number of H-pyrrole nitrogens is 1. The Morgan fingerprint density at radius 1 is 0.969 bits per heavy atom. The van der Waals surface area contributed by atoms with Crippen molar-refractivity contribution in [2.45, 2.75) is 19.8 Å². The quantitative estimate of drug-likeness (QED) is 0.536. The molecule has 0 saturated carbocycles. The Bertz CT molecular complexity index is 1050. The van der Waals surface area contributed by atoms with Gasteiger partial charge in [-0.15, -0.1) is 0 Å². The molecule has 4 rings (SSSR count). The van der Waals surface area contributed by atoms with Gasteiger partial charge in [0, 0.05) is 68.5 Å². The number of anilines is 1. The lowest BCUT2D eigenvalue weighted by Gasteiger charge is -2.36. The second-order valence-corrected chi connectivity index (χ2v) is 8.25. The van der Waals surface area contributed by atoms with Crippen molar-refractivity contribution in [1.82, 2.24) is 20.5 Å². The highest BCUT2D eigenvalue weighted by atomic mass is 16.2. The Morgan fingerprint density at radius 3 is 2.50 bits per heavy atom. The van der Waals surface area contributed by atoms with Crippen LogP contribution in [0.1, 0.15) is 17.5 Å². The molecule has 32 heavy (non-hydrogen) atoms. The first kappa shape index (κ1) is 21.7. The highest BCUT2D eigenvalue weighted by molar-refractivity contribution is 5.84. The Kier molecular flexibility index (Phi) is 6.94. The summed E-state index contributed by atoms with van der Waals surface area (Å²) in [6.07, 6.45) is 3.07. The summed E-state index contributed by atoms with van der Waals surface area (Å²) in [6, 6.07) is 16.4. The molecule has 2 aromatic carbocycles. The summed E-state index contributed by atoms with van der Waals surface area (Å²) >= 11 is 0. The van der Waals surface area contributed by atoms with Crippen LogP contribution in [0.25, 0.3) is 10.9 Å². The second-order valence-electron chi connectivity index (χ2n) is 8.25. The number of hydrogen-bond donors (Lipinski definition) is 3. The molecule has 1 saturated heterocycles. The van der Waals surface area contributed by atoms with Crippen molar-refractivity contribution in [2.75, 3.05) is 44.2 Å². The molecule has 3 N–H and O–H groups in total. The lowest BCUT2D eigenvalue weighted by molar-refractivity contribution is -0.131. The van der Waals surface area contributed by atoms with Crippen molar-refractivity contribution < 1.29 is 9.59 Å². The molecule has 3 amide bonds. The minimum absolute atomic E-state index is 0.0899. The lowest BCUT2D eigenvalue weighted by Crippen LogP contribution is -2.49. The van der Waals surface area contributed by atoms with Gasteiger partial charge in [-0.1, -0.05) is 30.3 Å². The monoisotopic (exact) mass is 433 g/mol. The number of aromatic nitrogens is 1. The molecule has 7 nitrogen and oxygen atoms in total. The number of aryl methyl sites for hydroxylation is 1. The van der Waals surface area contributed by atoms with Gasteiger partial charge in [-0.25, -0.2) is 4.79 Å². The molecule has 0 unspecified atom stereocenters. The molecule has 3 aromatic rings. The van der Waals surface area contributed by atoms with Gasteiger partial charge in [0.1, 0.15) is 0 Å². The Balaban J connectivity index is 1.12. The van der Waals surface area contributed by atoms with Gasteiger partial charge >= 0.3 is 6.03 Å². The number of benzene rings is 2. The third-order valence-electron chi connectivity index (χ3n) is 5.98. The van der Waals surface area contributed by atoms with Gasteiger partial charge in [-0.05, 0) is 42.7 Å². The number of amides is 3. The maximum atomic E-state index is 12.5. The van der Waals surface area contributed by atoms with Gasteiger partial charge < -0.3 is 25.4 Å². The lowest BCUT2D eigenvalue weighted by atomic mass is 10.1. The van der Waals surface area contributed by atoms with E-state index in [2.05, 4.69) is 57.8 Å². The Hall–Kier alpha value is -3.48. The standard InChI is InChI=1S/C25H31N5O2/c1-19-7-8-22-20(18-28-23(22)17-19)9-11-26-25(32)27-12-10-24(31)30-15-13-29(14-16-30)21-5-3-2-4-6-21/h2-8,17-18,28H,9-16H2,1H3,(H2,26,27,32). The van der Waals surface area contributed by atoms with Crippen LogP contribution >= 0.6 is 0 Å². The van der Waals surface area contributed by atoms with Crippen molar-refractivity contribution in [2.24, 2.45) is 0 Å². The summed E-state index contributed by atoms with van der Waals surface area (Å²) in [6.45, 7) is 6.04. The SMILES string of the molecule is Cc1ccc2c(CCNC(=O)NCCC(=O)N3CCN(c4ccccc4)CC3)c[nH]c2c1. The highest BCUT2D eigenvalue weighted by Gasteiger charge is 2.21. The number of urea groups is 1. The third-order valence-corrected chi connectivity index (χ3v) is 5.98. The zero-order chi connectivity index (χ0) is 22.3. The molecule has 1 fully saturated rings. The summed E-state index contributed by atoms with van der Waals surface area (Å²) < 4.78 is 0. The number of nitrogens with one attached hydrogen (secondary N) is 3. The van der Waals surface area contributed by atoms with E-state index < -0.39 is 0 Å². The third kappa shape index (κ3) is 5.41. The molecule has 0 radical (unpaired) electrons. The minimum Gasteiger partial charge on any atom is -0.368 e. The summed E-state index contributed by atoms with van der Waals surface area (Å²) in [4.78, 5) is 32.0. The van der Waals surface area contributed by atoms with Crippen LogP contribution < -0.4 is 15.5 Å².